The number of aryl methyl sites for hydroxylation is 2. The van der Waals surface area contributed by atoms with E-state index in [0.717, 1.165) is 19.3 Å². The van der Waals surface area contributed by atoms with Gasteiger partial charge in [-0.15, -0.1) is 0 Å². The van der Waals surface area contributed by atoms with Crippen LogP contribution in [0.2, 0.25) is 0 Å². The van der Waals surface area contributed by atoms with Gasteiger partial charge in [0.05, 0.1) is 0 Å². The van der Waals surface area contributed by atoms with E-state index >= 15 is 0 Å². The number of piperidine rings is 1. The Kier molecular flexibility index (Phi) is 5.72. The Labute approximate surface area is 161 Å². The topological polar surface area (TPSA) is 71.4 Å². The number of hydrogen-bond donors (Lipinski definition) is 1. The fourth-order valence-electron chi connectivity index (χ4n) is 3.43. The summed E-state index contributed by atoms with van der Waals surface area (Å²) in [6.45, 7) is 5.20. The van der Waals surface area contributed by atoms with Gasteiger partial charge in [0.15, 0.2) is 0 Å². The summed E-state index contributed by atoms with van der Waals surface area (Å²) in [6, 6.07) is 9.10. The predicted molar refractivity (Wildman–Crippen MR) is 106 cm³/mol. The molecule has 0 bridgehead atoms. The van der Waals surface area contributed by atoms with E-state index < -0.39 is 10.0 Å². The van der Waals surface area contributed by atoms with E-state index in [0.29, 0.717) is 30.4 Å². The van der Waals surface area contributed by atoms with E-state index in [1.165, 1.54) is 22.1 Å². The van der Waals surface area contributed by atoms with Gasteiger partial charge in [0.1, 0.15) is 10.6 Å². The van der Waals surface area contributed by atoms with Crippen LogP contribution in [0.15, 0.2) is 41.4 Å². The molecule has 2 aromatic rings. The molecule has 2 heterocycles. The number of carbonyl (C=O) groups is 1. The number of nitrogens with one attached hydrogen (secondary N) is 1. The van der Waals surface area contributed by atoms with E-state index in [2.05, 4.69) is 19.2 Å². The van der Waals surface area contributed by atoms with Gasteiger partial charge in [-0.2, -0.15) is 4.31 Å². The van der Waals surface area contributed by atoms with Crippen molar-refractivity contribution in [3.05, 3.63) is 47.8 Å². The molecule has 6 nitrogen and oxygen atoms in total. The number of sulfonamides is 1. The highest BCUT2D eigenvalue weighted by Gasteiger charge is 2.30. The molecule has 1 aliphatic rings. The number of amides is 1. The fraction of sp³-hybridized carbons (Fsp3) is 0.450. The van der Waals surface area contributed by atoms with E-state index in [9.17, 15) is 13.2 Å². The lowest BCUT2D eigenvalue weighted by molar-refractivity contribution is 0.101. The molecule has 1 fully saturated rings. The largest absolute Gasteiger partial charge is 0.345 e. The average Bonchev–Trinajstić information content (AvgIpc) is 3.05. The number of carbonyl (C=O) groups excluding carboxylic acids is 1. The molecule has 7 heteroatoms. The monoisotopic (exact) mass is 389 g/mol. The van der Waals surface area contributed by atoms with Crippen molar-refractivity contribution in [2.75, 3.05) is 18.4 Å². The lowest BCUT2D eigenvalue weighted by atomic mass is 10.0. The van der Waals surface area contributed by atoms with Gasteiger partial charge in [-0.1, -0.05) is 26.0 Å². The van der Waals surface area contributed by atoms with Crippen LogP contribution in [0.4, 0.5) is 5.69 Å². The van der Waals surface area contributed by atoms with Gasteiger partial charge >= 0.3 is 0 Å². The molecule has 0 radical (unpaired) electrons. The summed E-state index contributed by atoms with van der Waals surface area (Å²) in [5, 5.41) is 2.83. The molecular formula is C20H27N3O3S. The van der Waals surface area contributed by atoms with Gasteiger partial charge in [-0.05, 0) is 48.9 Å². The van der Waals surface area contributed by atoms with Gasteiger partial charge in [0.2, 0.25) is 10.0 Å². The lowest BCUT2D eigenvalue weighted by Gasteiger charge is -2.29. The zero-order chi connectivity index (χ0) is 19.6. The number of hydrogen-bond acceptors (Lipinski definition) is 3. The number of anilines is 1. The highest BCUT2D eigenvalue weighted by molar-refractivity contribution is 7.89. The number of rotatable bonds is 5. The molecule has 1 N–H and O–H groups in total. The van der Waals surface area contributed by atoms with Crippen molar-refractivity contribution < 1.29 is 13.2 Å². The Balaban J connectivity index is 1.79. The summed E-state index contributed by atoms with van der Waals surface area (Å²) in [7, 11) is -1.89. The van der Waals surface area contributed by atoms with E-state index in [1.807, 2.05) is 24.3 Å². The summed E-state index contributed by atoms with van der Waals surface area (Å²) in [4.78, 5) is 12.8. The Morgan fingerprint density at radius 1 is 1.26 bits per heavy atom. The van der Waals surface area contributed by atoms with Crippen molar-refractivity contribution >= 4 is 21.6 Å². The third-order valence-electron chi connectivity index (χ3n) is 5.09. The minimum absolute atomic E-state index is 0.172. The van der Waals surface area contributed by atoms with Gasteiger partial charge in [0.25, 0.3) is 5.91 Å². The van der Waals surface area contributed by atoms with Crippen LogP contribution in [0.3, 0.4) is 0 Å². The van der Waals surface area contributed by atoms with Gasteiger partial charge in [-0.25, -0.2) is 8.42 Å². The Morgan fingerprint density at radius 2 is 1.96 bits per heavy atom. The van der Waals surface area contributed by atoms with Crippen molar-refractivity contribution in [1.82, 2.24) is 8.87 Å². The van der Waals surface area contributed by atoms with E-state index in [4.69, 9.17) is 0 Å². The van der Waals surface area contributed by atoms with E-state index in [1.54, 1.807) is 11.6 Å². The second-order valence-electron chi connectivity index (χ2n) is 7.29. The van der Waals surface area contributed by atoms with Crippen LogP contribution in [0, 0.1) is 5.92 Å². The summed E-state index contributed by atoms with van der Waals surface area (Å²) >= 11 is 0. The molecule has 1 aliphatic heterocycles. The molecular weight excluding hydrogens is 362 g/mol. The normalized spacial score (nSPS) is 18.4. The average molecular weight is 390 g/mol. The van der Waals surface area contributed by atoms with Crippen LogP contribution in [0.25, 0.3) is 0 Å². The van der Waals surface area contributed by atoms with E-state index in [-0.39, 0.29) is 10.8 Å². The third kappa shape index (κ3) is 4.25. The highest BCUT2D eigenvalue weighted by Crippen LogP contribution is 2.25. The van der Waals surface area contributed by atoms with Crippen LogP contribution < -0.4 is 5.32 Å². The maximum atomic E-state index is 12.9. The second kappa shape index (κ2) is 7.86. The standard InChI is InChI=1S/C20H27N3O3S/c1-4-16-7-9-17(10-8-16)21-20(24)19-12-18(14-22(19)3)27(25,26)23-11-5-6-15(2)13-23/h7-10,12,14-15H,4-6,11,13H2,1-3H3,(H,21,24)/t15-/m1/s1. The quantitative estimate of drug-likeness (QED) is 0.853. The first-order valence-corrected chi connectivity index (χ1v) is 10.8. The summed E-state index contributed by atoms with van der Waals surface area (Å²) in [5.74, 6) is 0.0290. The number of aromatic nitrogens is 1. The van der Waals surface area contributed by atoms with Crippen LogP contribution in [-0.4, -0.2) is 36.3 Å². The van der Waals surface area contributed by atoms with Crippen LogP contribution in [0.5, 0.6) is 0 Å². The van der Waals surface area contributed by atoms with Gasteiger partial charge in [0, 0.05) is 32.0 Å². The maximum absolute atomic E-state index is 12.9. The Morgan fingerprint density at radius 3 is 2.59 bits per heavy atom. The van der Waals surface area contributed by atoms with Crippen LogP contribution >= 0.6 is 0 Å². The SMILES string of the molecule is CCc1ccc(NC(=O)c2cc(S(=O)(=O)N3CCC[C@@H](C)C3)cn2C)cc1. The molecule has 0 saturated carbocycles. The zero-order valence-corrected chi connectivity index (χ0v) is 16.9. The lowest BCUT2D eigenvalue weighted by Crippen LogP contribution is -2.38. The Hall–Kier alpha value is -2.12. The number of nitrogens with zero attached hydrogens (tertiary/aromatic N) is 2. The summed E-state index contributed by atoms with van der Waals surface area (Å²) < 4.78 is 29.0. The maximum Gasteiger partial charge on any atom is 0.272 e. The Bertz CT molecular complexity index is 916. The highest BCUT2D eigenvalue weighted by atomic mass is 32.2. The predicted octanol–water partition coefficient (Wildman–Crippen LogP) is 3.26. The van der Waals surface area contributed by atoms with Crippen LogP contribution in [-0.2, 0) is 23.5 Å². The fourth-order valence-corrected chi connectivity index (χ4v) is 5.10. The first kappa shape index (κ1) is 19.6. The molecule has 1 amide bonds. The smallest absolute Gasteiger partial charge is 0.272 e. The minimum atomic E-state index is -3.58. The first-order chi connectivity index (χ1) is 12.8. The third-order valence-corrected chi connectivity index (χ3v) is 6.92. The second-order valence-corrected chi connectivity index (χ2v) is 9.22. The van der Waals surface area contributed by atoms with Crippen molar-refractivity contribution in [3.63, 3.8) is 0 Å². The molecule has 1 aromatic heterocycles. The zero-order valence-electron chi connectivity index (χ0n) is 16.1. The van der Waals surface area contributed by atoms with Gasteiger partial charge in [-0.3, -0.25) is 4.79 Å². The molecule has 146 valence electrons. The molecule has 0 spiro atoms. The van der Waals surface area contributed by atoms with Crippen molar-refractivity contribution in [2.45, 2.75) is 38.0 Å². The molecule has 27 heavy (non-hydrogen) atoms. The molecule has 3 rings (SSSR count). The van der Waals surface area contributed by atoms with Crippen LogP contribution in [0.1, 0.15) is 42.7 Å². The molecule has 0 aliphatic carbocycles. The van der Waals surface area contributed by atoms with Gasteiger partial charge < -0.3 is 9.88 Å². The van der Waals surface area contributed by atoms with Crippen molar-refractivity contribution in [1.29, 1.82) is 0 Å². The molecule has 1 aromatic carbocycles. The van der Waals surface area contributed by atoms with Crippen molar-refractivity contribution in [3.8, 4) is 0 Å². The summed E-state index contributed by atoms with van der Waals surface area (Å²) in [5.41, 5.74) is 2.20. The number of benzene rings is 1. The first-order valence-electron chi connectivity index (χ1n) is 9.38. The minimum Gasteiger partial charge on any atom is -0.345 e. The molecule has 1 atom stereocenters. The molecule has 0 unspecified atom stereocenters. The molecule has 1 saturated heterocycles. The summed E-state index contributed by atoms with van der Waals surface area (Å²) in [6.07, 6.45) is 4.37. The van der Waals surface area contributed by atoms with Crippen molar-refractivity contribution in [2.24, 2.45) is 13.0 Å².